The van der Waals surface area contributed by atoms with Gasteiger partial charge in [0, 0.05) is 30.6 Å². The van der Waals surface area contributed by atoms with E-state index in [2.05, 4.69) is 4.90 Å². The van der Waals surface area contributed by atoms with Crippen LogP contribution in [0.15, 0.2) is 16.9 Å². The molecule has 2 fully saturated rings. The van der Waals surface area contributed by atoms with Gasteiger partial charge in [-0.25, -0.2) is 4.79 Å². The van der Waals surface area contributed by atoms with Crippen LogP contribution in [0.3, 0.4) is 0 Å². The van der Waals surface area contributed by atoms with E-state index in [1.165, 1.54) is 4.57 Å². The highest BCUT2D eigenvalue weighted by Crippen LogP contribution is 2.42. The lowest BCUT2D eigenvalue weighted by Gasteiger charge is -2.27. The molecular weight excluding hydrogens is 373 g/mol. The molecule has 1 aliphatic heterocycles. The molecule has 0 spiro atoms. The first kappa shape index (κ1) is 18.3. The number of aromatic nitrogens is 1. The minimum absolute atomic E-state index is 0.0241. The molecule has 0 unspecified atom stereocenters. The smallest absolute Gasteiger partial charge is 0.344 e. The van der Waals surface area contributed by atoms with Gasteiger partial charge < -0.3 is 20.3 Å². The van der Waals surface area contributed by atoms with E-state index in [0.29, 0.717) is 12.2 Å². The Morgan fingerprint density at radius 2 is 2.00 bits per heavy atom. The number of nitrogens with two attached hydrogens (primary N) is 1. The number of aromatic carboxylic acids is 1. The minimum Gasteiger partial charge on any atom is -0.477 e. The third-order valence-electron chi connectivity index (χ3n) is 5.40. The zero-order valence-electron chi connectivity index (χ0n) is 14.8. The molecule has 1 aliphatic carbocycles. The van der Waals surface area contributed by atoms with E-state index >= 15 is 0 Å². The number of halogens is 2. The predicted octanol–water partition coefficient (Wildman–Crippen LogP) is 3.14. The van der Waals surface area contributed by atoms with Crippen LogP contribution in [0.5, 0.6) is 0 Å². The summed E-state index contributed by atoms with van der Waals surface area (Å²) in [5, 5.41) is 9.72. The molecule has 3 N–H and O–H groups in total. The fourth-order valence-electron chi connectivity index (χ4n) is 3.92. The van der Waals surface area contributed by atoms with Crippen LogP contribution in [0.1, 0.15) is 48.5 Å². The molecule has 8 heteroatoms. The van der Waals surface area contributed by atoms with Crippen LogP contribution >= 0.6 is 11.6 Å². The van der Waals surface area contributed by atoms with Crippen molar-refractivity contribution >= 4 is 34.2 Å². The predicted molar refractivity (Wildman–Crippen MR) is 102 cm³/mol. The molecule has 2 aliphatic rings. The molecule has 1 aromatic heterocycles. The summed E-state index contributed by atoms with van der Waals surface area (Å²) in [7, 11) is 0. The standard InChI is InChI=1S/C19H21ClFN3O3/c20-15-13(23-8-2-1-3-10(22)9-23)7-6-12-16(15)24(11-4-5-11)18(21)14(17(12)25)19(26)27/h6-7,10-11H,1-5,8-9,22H2,(H,26,27)/t10-/m1/s1. The van der Waals surface area contributed by atoms with Gasteiger partial charge in [0.2, 0.25) is 11.4 Å². The van der Waals surface area contributed by atoms with Crippen molar-refractivity contribution in [1.29, 1.82) is 0 Å². The number of pyridine rings is 1. The molecule has 144 valence electrons. The van der Waals surface area contributed by atoms with Crippen LogP contribution < -0.4 is 16.1 Å². The Balaban J connectivity index is 1.97. The van der Waals surface area contributed by atoms with Crippen molar-refractivity contribution in [2.24, 2.45) is 5.73 Å². The fourth-order valence-corrected chi connectivity index (χ4v) is 4.29. The van der Waals surface area contributed by atoms with Gasteiger partial charge in [-0.2, -0.15) is 4.39 Å². The highest BCUT2D eigenvalue weighted by Gasteiger charge is 2.33. The summed E-state index contributed by atoms with van der Waals surface area (Å²) in [6.45, 7) is 1.41. The molecule has 1 aromatic carbocycles. The maximum absolute atomic E-state index is 15.0. The second-order valence-corrected chi connectivity index (χ2v) is 7.78. The van der Waals surface area contributed by atoms with E-state index in [-0.39, 0.29) is 28.0 Å². The van der Waals surface area contributed by atoms with E-state index in [9.17, 15) is 19.1 Å². The van der Waals surface area contributed by atoms with E-state index in [1.807, 2.05) is 0 Å². The lowest BCUT2D eigenvalue weighted by Crippen LogP contribution is -2.36. The van der Waals surface area contributed by atoms with Gasteiger partial charge in [-0.15, -0.1) is 0 Å². The van der Waals surface area contributed by atoms with Crippen molar-refractivity contribution in [3.05, 3.63) is 38.9 Å². The van der Waals surface area contributed by atoms with Crippen molar-refractivity contribution in [3.63, 3.8) is 0 Å². The Morgan fingerprint density at radius 1 is 1.26 bits per heavy atom. The molecule has 6 nitrogen and oxygen atoms in total. The summed E-state index contributed by atoms with van der Waals surface area (Å²) >= 11 is 6.67. The summed E-state index contributed by atoms with van der Waals surface area (Å²) in [5.41, 5.74) is 5.47. The molecule has 1 saturated carbocycles. The number of hydrogen-bond acceptors (Lipinski definition) is 4. The van der Waals surface area contributed by atoms with Crippen molar-refractivity contribution in [2.45, 2.75) is 44.2 Å². The fraction of sp³-hybridized carbons (Fsp3) is 0.474. The Bertz CT molecular complexity index is 987. The van der Waals surface area contributed by atoms with Crippen LogP contribution in [-0.2, 0) is 0 Å². The van der Waals surface area contributed by atoms with Crippen LogP contribution in [0.25, 0.3) is 10.9 Å². The van der Waals surface area contributed by atoms with E-state index in [1.54, 1.807) is 12.1 Å². The summed E-state index contributed by atoms with van der Waals surface area (Å²) in [4.78, 5) is 26.1. The number of nitrogens with zero attached hydrogens (tertiary/aromatic N) is 2. The van der Waals surface area contributed by atoms with Crippen LogP contribution in [0, 0.1) is 5.95 Å². The topological polar surface area (TPSA) is 88.6 Å². The van der Waals surface area contributed by atoms with Gasteiger partial charge in [0.05, 0.1) is 16.2 Å². The zero-order valence-corrected chi connectivity index (χ0v) is 15.5. The van der Waals surface area contributed by atoms with Gasteiger partial charge >= 0.3 is 5.97 Å². The number of rotatable bonds is 3. The summed E-state index contributed by atoms with van der Waals surface area (Å²) < 4.78 is 16.3. The first-order valence-electron chi connectivity index (χ1n) is 9.20. The Morgan fingerprint density at radius 3 is 2.67 bits per heavy atom. The van der Waals surface area contributed by atoms with E-state index in [4.69, 9.17) is 17.3 Å². The number of hydrogen-bond donors (Lipinski definition) is 2. The summed E-state index contributed by atoms with van der Waals surface area (Å²) in [6.07, 6.45) is 4.40. The largest absolute Gasteiger partial charge is 0.477 e. The highest BCUT2D eigenvalue weighted by molar-refractivity contribution is 6.38. The number of carbonyl (C=O) groups is 1. The maximum Gasteiger partial charge on any atom is 0.344 e. The normalized spacial score (nSPS) is 20.7. The van der Waals surface area contributed by atoms with Crippen molar-refractivity contribution in [3.8, 4) is 0 Å². The molecule has 4 rings (SSSR count). The van der Waals surface area contributed by atoms with Gasteiger partial charge in [0.15, 0.2) is 5.56 Å². The lowest BCUT2D eigenvalue weighted by molar-refractivity contribution is 0.0688. The molecule has 0 bridgehead atoms. The third-order valence-corrected chi connectivity index (χ3v) is 5.77. The van der Waals surface area contributed by atoms with Crippen LogP contribution in [0.2, 0.25) is 5.02 Å². The SMILES string of the molecule is N[C@@H]1CCCCN(c2ccc3c(=O)c(C(=O)O)c(F)n(C4CC4)c3c2Cl)C1. The van der Waals surface area contributed by atoms with E-state index < -0.39 is 22.9 Å². The Kier molecular flexibility index (Phi) is 4.60. The summed E-state index contributed by atoms with van der Waals surface area (Å²) in [5.74, 6) is -2.58. The first-order valence-corrected chi connectivity index (χ1v) is 9.58. The van der Waals surface area contributed by atoms with Crippen molar-refractivity contribution < 1.29 is 14.3 Å². The Labute approximate surface area is 160 Å². The quantitative estimate of drug-likeness (QED) is 0.782. The third kappa shape index (κ3) is 3.08. The van der Waals surface area contributed by atoms with Crippen LogP contribution in [0.4, 0.5) is 10.1 Å². The number of fused-ring (bicyclic) bond motifs is 1. The lowest BCUT2D eigenvalue weighted by atomic mass is 10.1. The van der Waals surface area contributed by atoms with Gasteiger partial charge in [-0.3, -0.25) is 4.79 Å². The maximum atomic E-state index is 15.0. The monoisotopic (exact) mass is 393 g/mol. The van der Waals surface area contributed by atoms with Gasteiger partial charge in [-0.1, -0.05) is 18.0 Å². The van der Waals surface area contributed by atoms with Crippen LogP contribution in [-0.4, -0.2) is 34.8 Å². The number of carboxylic acid groups (broad SMARTS) is 1. The molecule has 27 heavy (non-hydrogen) atoms. The average Bonchev–Trinajstić information content (AvgIpc) is 3.44. The number of anilines is 1. The second kappa shape index (κ2) is 6.80. The van der Waals surface area contributed by atoms with E-state index in [0.717, 1.165) is 38.6 Å². The number of carboxylic acids is 1. The molecule has 2 aromatic rings. The minimum atomic E-state index is -1.56. The van der Waals surface area contributed by atoms with Gasteiger partial charge in [0.25, 0.3) is 0 Å². The molecule has 0 amide bonds. The molecular formula is C19H21ClFN3O3. The molecule has 1 atom stereocenters. The molecule has 2 heterocycles. The first-order chi connectivity index (χ1) is 12.9. The number of benzene rings is 1. The van der Waals surface area contributed by atoms with Gasteiger partial charge in [0.1, 0.15) is 0 Å². The zero-order chi connectivity index (χ0) is 19.3. The van der Waals surface area contributed by atoms with Crippen molar-refractivity contribution in [2.75, 3.05) is 18.0 Å². The van der Waals surface area contributed by atoms with Gasteiger partial charge in [-0.05, 0) is 37.8 Å². The molecule has 1 saturated heterocycles. The Hall–Kier alpha value is -2.12. The average molecular weight is 394 g/mol. The second-order valence-electron chi connectivity index (χ2n) is 7.40. The molecule has 0 radical (unpaired) electrons. The highest BCUT2D eigenvalue weighted by atomic mass is 35.5. The van der Waals surface area contributed by atoms with Crippen molar-refractivity contribution in [1.82, 2.24) is 4.57 Å². The summed E-state index contributed by atoms with van der Waals surface area (Å²) in [6, 6.07) is 3.12.